The zero-order chi connectivity index (χ0) is 8.23. The maximum absolute atomic E-state index is 3.41. The molecule has 0 spiro atoms. The van der Waals surface area contributed by atoms with Gasteiger partial charge in [-0.1, -0.05) is 38.5 Å². The minimum atomic E-state index is 0. The average molecular weight is 298 g/mol. The van der Waals surface area contributed by atoms with E-state index in [1.54, 1.807) is 0 Å². The van der Waals surface area contributed by atoms with Gasteiger partial charge in [0.15, 0.2) is 0 Å². The van der Waals surface area contributed by atoms with Crippen molar-refractivity contribution in [1.82, 2.24) is 0 Å². The molecule has 1 saturated carbocycles. The molecule has 1 fully saturated rings. The Labute approximate surface area is 123 Å². The minimum absolute atomic E-state index is 0. The summed E-state index contributed by atoms with van der Waals surface area (Å²) < 4.78 is 0. The summed E-state index contributed by atoms with van der Waals surface area (Å²) in [7, 11) is 0. The monoisotopic (exact) mass is 296 g/mol. The first-order valence-corrected chi connectivity index (χ1v) is 5.21. The van der Waals surface area contributed by atoms with E-state index in [0.29, 0.717) is 0 Å². The van der Waals surface area contributed by atoms with Crippen LogP contribution in [0.5, 0.6) is 0 Å². The molecule has 0 bridgehead atoms. The predicted octanol–water partition coefficient (Wildman–Crippen LogP) is 4.99. The predicted molar refractivity (Wildman–Crippen MR) is 70.9 cm³/mol. The van der Waals surface area contributed by atoms with Crippen molar-refractivity contribution in [3.8, 4) is 0 Å². The van der Waals surface area contributed by atoms with Crippen LogP contribution in [0.4, 0.5) is 0 Å². The van der Waals surface area contributed by atoms with Crippen molar-refractivity contribution in [2.75, 3.05) is 0 Å². The van der Waals surface area contributed by atoms with Crippen molar-refractivity contribution in [2.45, 2.75) is 44.9 Å². The van der Waals surface area contributed by atoms with Crippen LogP contribution in [0.1, 0.15) is 44.9 Å². The van der Waals surface area contributed by atoms with Gasteiger partial charge in [-0.15, -0.1) is 6.42 Å². The largest absolute Gasteiger partial charge is 4.00 e. The van der Waals surface area contributed by atoms with Gasteiger partial charge in [0.1, 0.15) is 0 Å². The molecule has 0 unspecified atom stereocenters. The molecule has 0 aromatic carbocycles. The smallest absolute Gasteiger partial charge is 0.358 e. The topological polar surface area (TPSA) is 0 Å². The van der Waals surface area contributed by atoms with Crippen LogP contribution in [0.2, 0.25) is 0 Å². The van der Waals surface area contributed by atoms with E-state index >= 15 is 0 Å². The Kier molecular flexibility index (Phi) is 16.0. The van der Waals surface area contributed by atoms with Gasteiger partial charge in [0.2, 0.25) is 0 Å². The van der Waals surface area contributed by atoms with E-state index in [-0.39, 0.29) is 48.5 Å². The van der Waals surface area contributed by atoms with Gasteiger partial charge in [-0.05, 0) is 5.92 Å². The van der Waals surface area contributed by atoms with Crippen molar-refractivity contribution in [2.24, 2.45) is 5.92 Å². The molecule has 0 amide bonds. The van der Waals surface area contributed by atoms with Crippen LogP contribution in [-0.4, -0.2) is 0 Å². The van der Waals surface area contributed by atoms with E-state index < -0.39 is 0 Å². The summed E-state index contributed by atoms with van der Waals surface area (Å²) in [4.78, 5) is 0. The van der Waals surface area contributed by atoms with Crippen LogP contribution >= 0.6 is 0 Å². The van der Waals surface area contributed by atoms with Crippen LogP contribution in [0, 0.1) is 34.3 Å². The van der Waals surface area contributed by atoms with Gasteiger partial charge < -0.3 is 22.3 Å². The minimum Gasteiger partial charge on any atom is -0.358 e. The molecule has 1 heteroatoms. The zero-order valence-corrected chi connectivity index (χ0v) is 13.6. The van der Waals surface area contributed by atoms with E-state index in [4.69, 9.17) is 0 Å². The third-order valence-corrected chi connectivity index (χ3v) is 3.00. The standard InChI is InChI=1S/C12H17.3CH3.Zr/c1-2-6-11(7-3-1)10-12-8-4-5-9-12;;;;/h4,8,11H,1-3,5-7,10H2;3*1H3;/q4*-1;+4. The van der Waals surface area contributed by atoms with Gasteiger partial charge in [0.05, 0.1) is 0 Å². The second-order valence-corrected chi connectivity index (χ2v) is 4.02. The third kappa shape index (κ3) is 6.84. The molecule has 0 atom stereocenters. The van der Waals surface area contributed by atoms with Crippen LogP contribution in [0.15, 0.2) is 17.7 Å². The molecule has 16 heavy (non-hydrogen) atoms. The number of rotatable bonds is 2. The SMILES string of the molecule is [C-]1=C(CC2CCCCC2)C=CC1.[CH3-].[CH3-].[CH3-].[Zr+4]. The van der Waals surface area contributed by atoms with E-state index in [0.717, 1.165) is 12.3 Å². The molecule has 0 N–H and O–H groups in total. The zero-order valence-electron chi connectivity index (χ0n) is 11.2. The first kappa shape index (κ1) is 21.6. The van der Waals surface area contributed by atoms with Crippen LogP contribution in [0.3, 0.4) is 0 Å². The molecule has 0 heterocycles. The number of hydrogen-bond donors (Lipinski definition) is 0. The molecular weight excluding hydrogens is 271 g/mol. The molecule has 90 valence electrons. The Balaban J connectivity index is -0.000000422. The summed E-state index contributed by atoms with van der Waals surface area (Å²) in [5, 5.41) is 0. The molecular formula is C15H26Zr. The molecule has 0 aliphatic heterocycles. The Bertz CT molecular complexity index is 197. The summed E-state index contributed by atoms with van der Waals surface area (Å²) in [6, 6.07) is 0. The maximum atomic E-state index is 3.41. The molecule has 2 rings (SSSR count). The van der Waals surface area contributed by atoms with Gasteiger partial charge >= 0.3 is 26.2 Å². The molecule has 0 radical (unpaired) electrons. The van der Waals surface area contributed by atoms with Gasteiger partial charge in [0.25, 0.3) is 0 Å². The van der Waals surface area contributed by atoms with Crippen molar-refractivity contribution < 1.29 is 26.2 Å². The molecule has 0 aromatic rings. The normalized spacial score (nSPS) is 18.4. The van der Waals surface area contributed by atoms with Gasteiger partial charge in [-0.3, -0.25) is 6.08 Å². The molecule has 2 aliphatic rings. The van der Waals surface area contributed by atoms with Crippen molar-refractivity contribution in [1.29, 1.82) is 0 Å². The first-order chi connectivity index (χ1) is 5.95. The summed E-state index contributed by atoms with van der Waals surface area (Å²) in [5.41, 5.74) is 1.47. The van der Waals surface area contributed by atoms with Gasteiger partial charge in [-0.25, -0.2) is 11.6 Å². The van der Waals surface area contributed by atoms with Crippen molar-refractivity contribution in [3.63, 3.8) is 0 Å². The Morgan fingerprint density at radius 3 is 2.19 bits per heavy atom. The molecule has 2 aliphatic carbocycles. The summed E-state index contributed by atoms with van der Waals surface area (Å²) in [5.74, 6) is 0.976. The summed E-state index contributed by atoms with van der Waals surface area (Å²) >= 11 is 0. The second kappa shape index (κ2) is 11.8. The van der Waals surface area contributed by atoms with E-state index in [2.05, 4.69) is 18.2 Å². The fourth-order valence-corrected chi connectivity index (χ4v) is 2.29. The fraction of sp³-hybridized carbons (Fsp3) is 0.533. The van der Waals surface area contributed by atoms with Crippen molar-refractivity contribution in [3.05, 3.63) is 46.1 Å². The number of hydrogen-bond acceptors (Lipinski definition) is 0. The fourth-order valence-electron chi connectivity index (χ4n) is 2.29. The molecule has 0 aromatic heterocycles. The van der Waals surface area contributed by atoms with Gasteiger partial charge in [-0.2, -0.15) is 6.08 Å². The van der Waals surface area contributed by atoms with Crippen LogP contribution in [-0.2, 0) is 26.2 Å². The molecule has 0 saturated heterocycles. The summed E-state index contributed by atoms with van der Waals surface area (Å²) in [6.45, 7) is 0. The third-order valence-electron chi connectivity index (χ3n) is 3.00. The first-order valence-electron chi connectivity index (χ1n) is 5.21. The summed E-state index contributed by atoms with van der Waals surface area (Å²) in [6.07, 6.45) is 17.6. The second-order valence-electron chi connectivity index (χ2n) is 4.02. The van der Waals surface area contributed by atoms with Crippen LogP contribution < -0.4 is 0 Å². The van der Waals surface area contributed by atoms with E-state index in [9.17, 15) is 0 Å². The number of allylic oxidation sites excluding steroid dienone is 4. The quantitative estimate of drug-likeness (QED) is 0.630. The Morgan fingerprint density at radius 1 is 1.06 bits per heavy atom. The average Bonchev–Trinajstić information content (AvgIpc) is 2.59. The Morgan fingerprint density at radius 2 is 1.69 bits per heavy atom. The van der Waals surface area contributed by atoms with Crippen molar-refractivity contribution >= 4 is 0 Å². The van der Waals surface area contributed by atoms with Gasteiger partial charge in [0, 0.05) is 0 Å². The maximum Gasteiger partial charge on any atom is 4.00 e. The van der Waals surface area contributed by atoms with E-state index in [1.807, 2.05) is 0 Å². The van der Waals surface area contributed by atoms with E-state index in [1.165, 1.54) is 44.1 Å². The van der Waals surface area contributed by atoms with Crippen LogP contribution in [0.25, 0.3) is 0 Å². The Hall–Kier alpha value is 0.363. The molecule has 0 nitrogen and oxygen atoms in total.